The van der Waals surface area contributed by atoms with Crippen LogP contribution in [0.3, 0.4) is 0 Å². The maximum absolute atomic E-state index is 9.44. The van der Waals surface area contributed by atoms with Gasteiger partial charge in [0.05, 0.1) is 10.1 Å². The van der Waals surface area contributed by atoms with Crippen LogP contribution in [-0.4, -0.2) is 24.3 Å². The molecular formula is C18H23IO4S. The van der Waals surface area contributed by atoms with Gasteiger partial charge in [0.25, 0.3) is 0 Å². The van der Waals surface area contributed by atoms with Crippen molar-refractivity contribution >= 4 is 10.1 Å². The zero-order valence-corrected chi connectivity index (χ0v) is 17.3. The van der Waals surface area contributed by atoms with E-state index in [0.717, 1.165) is 5.75 Å². The third-order valence-electron chi connectivity index (χ3n) is 2.54. The van der Waals surface area contributed by atoms with Crippen molar-refractivity contribution in [3.63, 3.8) is 0 Å². The molecule has 0 heterocycles. The lowest BCUT2D eigenvalue weighted by Gasteiger charge is -2.20. The van der Waals surface area contributed by atoms with E-state index in [1.54, 1.807) is 0 Å². The molecule has 0 aliphatic heterocycles. The SMILES string of the molecule is CC(C)(C)Oc1ccc([I+]c2ccccc2)cc1.CCS(=O)(=O)[O-]. The van der Waals surface area contributed by atoms with Crippen molar-refractivity contribution in [3.05, 3.63) is 61.7 Å². The van der Waals surface area contributed by atoms with Crippen molar-refractivity contribution in [1.29, 1.82) is 0 Å². The van der Waals surface area contributed by atoms with Crippen molar-refractivity contribution in [1.82, 2.24) is 0 Å². The maximum atomic E-state index is 9.44. The summed E-state index contributed by atoms with van der Waals surface area (Å²) >= 11 is -0.0737. The van der Waals surface area contributed by atoms with Crippen LogP contribution in [0, 0.1) is 7.14 Å². The quantitative estimate of drug-likeness (QED) is 0.492. The summed E-state index contributed by atoms with van der Waals surface area (Å²) in [5.41, 5.74) is -0.129. The summed E-state index contributed by atoms with van der Waals surface area (Å²) in [5.74, 6) is 0.635. The minimum atomic E-state index is -3.91. The molecule has 0 N–H and O–H groups in total. The lowest BCUT2D eigenvalue weighted by Crippen LogP contribution is -3.61. The van der Waals surface area contributed by atoms with Gasteiger partial charge in [0.15, 0.2) is 7.14 Å². The van der Waals surface area contributed by atoms with Crippen molar-refractivity contribution < 1.29 is 38.9 Å². The second kappa shape index (κ2) is 9.39. The second-order valence-corrected chi connectivity index (χ2v) is 10.6. The first-order valence-corrected chi connectivity index (χ1v) is 11.2. The number of ether oxygens (including phenoxy) is 1. The second-order valence-electron chi connectivity index (χ2n) is 5.90. The van der Waals surface area contributed by atoms with Crippen molar-refractivity contribution in [2.24, 2.45) is 0 Å². The van der Waals surface area contributed by atoms with Crippen molar-refractivity contribution in [2.45, 2.75) is 33.3 Å². The highest BCUT2D eigenvalue weighted by Crippen LogP contribution is 2.16. The Morgan fingerprint density at radius 3 is 1.83 bits per heavy atom. The van der Waals surface area contributed by atoms with Crippen molar-refractivity contribution in [3.8, 4) is 5.75 Å². The number of hydrogen-bond donors (Lipinski definition) is 0. The molecule has 2 aromatic rings. The lowest BCUT2D eigenvalue weighted by atomic mass is 10.2. The van der Waals surface area contributed by atoms with Gasteiger partial charge in [0.1, 0.15) is 11.4 Å². The van der Waals surface area contributed by atoms with E-state index >= 15 is 0 Å². The highest BCUT2D eigenvalue weighted by molar-refractivity contribution is 7.85. The van der Waals surface area contributed by atoms with Gasteiger partial charge in [-0.3, -0.25) is 0 Å². The van der Waals surface area contributed by atoms with Gasteiger partial charge in [-0.2, -0.15) is 0 Å². The smallest absolute Gasteiger partial charge is 0.357 e. The monoisotopic (exact) mass is 462 g/mol. The minimum absolute atomic E-state index is 0.0737. The zero-order valence-electron chi connectivity index (χ0n) is 14.3. The average Bonchev–Trinajstić information content (AvgIpc) is 2.49. The van der Waals surface area contributed by atoms with Gasteiger partial charge < -0.3 is 9.29 Å². The van der Waals surface area contributed by atoms with E-state index in [1.807, 2.05) is 0 Å². The highest BCUT2D eigenvalue weighted by atomic mass is 127. The number of halogens is 1. The molecule has 0 saturated carbocycles. The van der Waals surface area contributed by atoms with Gasteiger partial charge in [0.2, 0.25) is 0 Å². The fourth-order valence-electron chi connectivity index (χ4n) is 1.52. The zero-order chi connectivity index (χ0) is 18.2. The van der Waals surface area contributed by atoms with Crippen LogP contribution < -0.4 is 25.9 Å². The van der Waals surface area contributed by atoms with Crippen LogP contribution in [0.15, 0.2) is 54.6 Å². The molecule has 2 rings (SSSR count). The standard InChI is InChI=1S/C16H18IO.C2H6O3S/c1-16(2,3)18-15-11-9-14(10-12-15)17-13-7-5-4-6-8-13;1-2-6(3,4)5/h4-12H,1-3H3;2H2,1H3,(H,3,4,5)/q+1;/p-1. The summed E-state index contributed by atoms with van der Waals surface area (Å²) in [7, 11) is -3.91. The van der Waals surface area contributed by atoms with Crippen LogP contribution in [0.4, 0.5) is 0 Å². The van der Waals surface area contributed by atoms with Gasteiger partial charge in [-0.1, -0.05) is 25.1 Å². The van der Waals surface area contributed by atoms with E-state index < -0.39 is 10.1 Å². The summed E-state index contributed by atoms with van der Waals surface area (Å²) in [5, 5.41) is 0. The fraction of sp³-hybridized carbons (Fsp3) is 0.333. The Hall–Kier alpha value is -1.12. The molecule has 0 aliphatic rings. The molecule has 0 unspecified atom stereocenters. The molecule has 0 aliphatic carbocycles. The summed E-state index contributed by atoms with van der Waals surface area (Å²) in [6.45, 7) is 7.51. The summed E-state index contributed by atoms with van der Waals surface area (Å²) in [4.78, 5) is 0. The Morgan fingerprint density at radius 1 is 0.958 bits per heavy atom. The van der Waals surface area contributed by atoms with Gasteiger partial charge in [-0.05, 0) is 57.2 Å². The predicted molar refractivity (Wildman–Crippen MR) is 90.9 cm³/mol. The van der Waals surface area contributed by atoms with E-state index in [9.17, 15) is 13.0 Å². The first-order chi connectivity index (χ1) is 11.1. The van der Waals surface area contributed by atoms with E-state index in [4.69, 9.17) is 4.74 Å². The van der Waals surface area contributed by atoms with E-state index in [0.29, 0.717) is 0 Å². The molecule has 0 fully saturated rings. The topological polar surface area (TPSA) is 66.4 Å². The third kappa shape index (κ3) is 9.89. The van der Waals surface area contributed by atoms with Crippen LogP contribution in [-0.2, 0) is 10.1 Å². The Kier molecular flexibility index (Phi) is 8.18. The highest BCUT2D eigenvalue weighted by Gasteiger charge is 2.16. The summed E-state index contributed by atoms with van der Waals surface area (Å²) in [6, 6.07) is 19.2. The molecular weight excluding hydrogens is 439 g/mol. The van der Waals surface area contributed by atoms with Crippen LogP contribution in [0.2, 0.25) is 0 Å². The number of hydrogen-bond acceptors (Lipinski definition) is 4. The predicted octanol–water partition coefficient (Wildman–Crippen LogP) is 0.544. The Labute approximate surface area is 155 Å². The molecule has 0 radical (unpaired) electrons. The van der Waals surface area contributed by atoms with Crippen LogP contribution in [0.25, 0.3) is 0 Å². The lowest BCUT2D eigenvalue weighted by molar-refractivity contribution is -0.597. The van der Waals surface area contributed by atoms with Gasteiger partial charge in [-0.15, -0.1) is 0 Å². The van der Waals surface area contributed by atoms with Crippen LogP contribution in [0.1, 0.15) is 27.7 Å². The average molecular weight is 462 g/mol. The normalized spacial score (nSPS) is 11.4. The molecule has 0 saturated heterocycles. The molecule has 0 amide bonds. The first-order valence-electron chi connectivity index (χ1n) is 7.51. The fourth-order valence-corrected chi connectivity index (χ4v) is 3.74. The molecule has 0 aromatic heterocycles. The van der Waals surface area contributed by atoms with E-state index in [1.165, 1.54) is 14.1 Å². The minimum Gasteiger partial charge on any atom is -0.748 e. The largest absolute Gasteiger partial charge is 0.748 e. The molecule has 0 spiro atoms. The molecule has 132 valence electrons. The summed E-state index contributed by atoms with van der Waals surface area (Å²) in [6.07, 6.45) is 0. The van der Waals surface area contributed by atoms with Crippen LogP contribution >= 0.6 is 0 Å². The molecule has 2 aromatic carbocycles. The molecule has 4 nitrogen and oxygen atoms in total. The van der Waals surface area contributed by atoms with Gasteiger partial charge in [-0.25, -0.2) is 8.42 Å². The molecule has 6 heteroatoms. The van der Waals surface area contributed by atoms with Gasteiger partial charge >= 0.3 is 21.2 Å². The van der Waals surface area contributed by atoms with Crippen LogP contribution in [0.5, 0.6) is 5.75 Å². The molecule has 24 heavy (non-hydrogen) atoms. The Balaban J connectivity index is 0.000000413. The van der Waals surface area contributed by atoms with E-state index in [-0.39, 0.29) is 32.6 Å². The molecule has 0 bridgehead atoms. The third-order valence-corrected chi connectivity index (χ3v) is 5.93. The molecule has 0 atom stereocenters. The summed E-state index contributed by atoms with van der Waals surface area (Å²) < 4.78 is 37.0. The Bertz CT molecular complexity index is 705. The Morgan fingerprint density at radius 2 is 1.42 bits per heavy atom. The maximum Gasteiger partial charge on any atom is 0.357 e. The van der Waals surface area contributed by atoms with Crippen molar-refractivity contribution in [2.75, 3.05) is 5.75 Å². The van der Waals surface area contributed by atoms with Gasteiger partial charge in [0, 0.05) is 5.75 Å². The van der Waals surface area contributed by atoms with E-state index in [2.05, 4.69) is 75.4 Å². The number of benzene rings is 2. The first kappa shape index (κ1) is 20.9. The number of rotatable bonds is 4.